The highest BCUT2D eigenvalue weighted by Gasteiger charge is 2.30. The van der Waals surface area contributed by atoms with Gasteiger partial charge in [-0.1, -0.05) is 44.2 Å². The lowest BCUT2D eigenvalue weighted by atomic mass is 9.96. The number of primary amides is 1. The summed E-state index contributed by atoms with van der Waals surface area (Å²) in [6.07, 6.45) is -0.904. The first kappa shape index (κ1) is 26.6. The maximum absolute atomic E-state index is 12.9. The molecule has 7 nitrogen and oxygen atoms in total. The third kappa shape index (κ3) is 4.83. The monoisotopic (exact) mass is 466 g/mol. The van der Waals surface area contributed by atoms with Crippen LogP contribution >= 0.6 is 0 Å². The van der Waals surface area contributed by atoms with E-state index in [1.54, 1.807) is 13.8 Å². The first-order valence-corrected chi connectivity index (χ1v) is 11.3. The van der Waals surface area contributed by atoms with Crippen LogP contribution < -0.4 is 10.5 Å². The van der Waals surface area contributed by atoms with Gasteiger partial charge >= 0.3 is 5.97 Å². The van der Waals surface area contributed by atoms with Gasteiger partial charge in [-0.05, 0) is 56.9 Å². The second-order valence-electron chi connectivity index (χ2n) is 7.94. The van der Waals surface area contributed by atoms with Crippen molar-refractivity contribution in [1.29, 1.82) is 0 Å². The number of hydrogen-bond donors (Lipinski definition) is 1. The van der Waals surface area contributed by atoms with Crippen LogP contribution in [0.5, 0.6) is 5.75 Å². The summed E-state index contributed by atoms with van der Waals surface area (Å²) in [5, 5.41) is 0.485. The van der Waals surface area contributed by atoms with Crippen LogP contribution in [0.15, 0.2) is 30.3 Å². The number of nitrogens with zero attached hydrogens (tertiary/aromatic N) is 1. The third-order valence-electron chi connectivity index (χ3n) is 6.03. The van der Waals surface area contributed by atoms with E-state index >= 15 is 0 Å². The predicted octanol–water partition coefficient (Wildman–Crippen LogP) is 4.56. The summed E-state index contributed by atoms with van der Waals surface area (Å²) in [7, 11) is 1.29. The Kier molecular flexibility index (Phi) is 8.62. The van der Waals surface area contributed by atoms with Crippen molar-refractivity contribution in [3.8, 4) is 5.75 Å². The minimum absolute atomic E-state index is 0.196. The van der Waals surface area contributed by atoms with Crippen molar-refractivity contribution < 1.29 is 23.9 Å². The Bertz CT molecular complexity index is 1230. The van der Waals surface area contributed by atoms with E-state index in [-0.39, 0.29) is 5.56 Å². The molecule has 0 saturated heterocycles. The fraction of sp³-hybridized carbons (Fsp3) is 0.370. The number of aryl methyl sites for hydroxylation is 1. The number of carbonyl (C=O) groups is 3. The van der Waals surface area contributed by atoms with Gasteiger partial charge in [-0.15, -0.1) is 0 Å². The van der Waals surface area contributed by atoms with Crippen molar-refractivity contribution in [2.45, 2.75) is 61.1 Å². The number of hydrogen-bond acceptors (Lipinski definition) is 5. The van der Waals surface area contributed by atoms with Gasteiger partial charge in [0.15, 0.2) is 6.10 Å². The number of ketones is 1. The van der Waals surface area contributed by atoms with Gasteiger partial charge < -0.3 is 19.8 Å². The lowest BCUT2D eigenvalue weighted by Crippen LogP contribution is -2.26. The van der Waals surface area contributed by atoms with E-state index in [1.807, 2.05) is 69.5 Å². The molecule has 1 aromatic heterocycles. The van der Waals surface area contributed by atoms with Gasteiger partial charge in [-0.3, -0.25) is 9.59 Å². The first-order chi connectivity index (χ1) is 16.1. The molecule has 1 heterocycles. The molecule has 0 saturated carbocycles. The van der Waals surface area contributed by atoms with E-state index in [0.717, 1.165) is 27.8 Å². The van der Waals surface area contributed by atoms with Crippen LogP contribution in [0, 0.1) is 27.7 Å². The fourth-order valence-electron chi connectivity index (χ4n) is 4.07. The quantitative estimate of drug-likeness (QED) is 0.313. The van der Waals surface area contributed by atoms with Gasteiger partial charge in [-0.25, -0.2) is 4.79 Å². The molecule has 1 unspecified atom stereocenters. The standard InChI is InChI=1S/C25H28N2O5.C2H6/c1-13-14(2)21-20(23(15(13)3)32-17(5)25(30)31-6)19(22(28)24(26)29)16(4)27(21)12-18-10-8-7-9-11-18;1-2/h7-11,17H,12H2,1-6H3,(H2,26,29);1-2H3. The maximum Gasteiger partial charge on any atom is 0.346 e. The Hall–Kier alpha value is -3.61. The maximum atomic E-state index is 12.9. The summed E-state index contributed by atoms with van der Waals surface area (Å²) < 4.78 is 12.8. The molecule has 0 aliphatic rings. The number of methoxy groups -OCH3 is 1. The van der Waals surface area contributed by atoms with Crippen LogP contribution in [0.25, 0.3) is 10.9 Å². The normalized spacial score (nSPS) is 11.4. The van der Waals surface area contributed by atoms with E-state index < -0.39 is 23.8 Å². The molecule has 1 atom stereocenters. The zero-order chi connectivity index (χ0) is 25.7. The van der Waals surface area contributed by atoms with E-state index in [1.165, 1.54) is 7.11 Å². The van der Waals surface area contributed by atoms with Crippen LogP contribution in [-0.4, -0.2) is 35.4 Å². The van der Waals surface area contributed by atoms with E-state index in [0.29, 0.717) is 23.4 Å². The smallest absolute Gasteiger partial charge is 0.346 e. The van der Waals surface area contributed by atoms with Gasteiger partial charge in [0.05, 0.1) is 23.6 Å². The molecule has 34 heavy (non-hydrogen) atoms. The Labute approximate surface area is 200 Å². The average molecular weight is 467 g/mol. The van der Waals surface area contributed by atoms with Crippen LogP contribution in [0.1, 0.15) is 59.1 Å². The van der Waals surface area contributed by atoms with E-state index in [2.05, 4.69) is 0 Å². The molecule has 0 spiro atoms. The summed E-state index contributed by atoms with van der Waals surface area (Å²) in [5.74, 6) is -2.01. The number of amides is 1. The van der Waals surface area contributed by atoms with Crippen molar-refractivity contribution >= 4 is 28.6 Å². The molecule has 2 aromatic carbocycles. The zero-order valence-electron chi connectivity index (χ0n) is 21.2. The highest BCUT2D eigenvalue weighted by Crippen LogP contribution is 2.41. The van der Waals surface area contributed by atoms with Gasteiger partial charge in [0, 0.05) is 12.2 Å². The largest absolute Gasteiger partial charge is 0.478 e. The van der Waals surface area contributed by atoms with Gasteiger partial charge in [0.25, 0.3) is 11.7 Å². The van der Waals surface area contributed by atoms with Crippen molar-refractivity contribution in [1.82, 2.24) is 4.57 Å². The molecule has 7 heteroatoms. The number of esters is 1. The first-order valence-electron chi connectivity index (χ1n) is 11.3. The molecule has 0 bridgehead atoms. The minimum atomic E-state index is -1.05. The Morgan fingerprint density at radius 3 is 2.09 bits per heavy atom. The molecule has 0 aliphatic carbocycles. The highest BCUT2D eigenvalue weighted by molar-refractivity contribution is 6.45. The average Bonchev–Trinajstić information content (AvgIpc) is 3.12. The Balaban J connectivity index is 0.00000199. The van der Waals surface area contributed by atoms with Crippen molar-refractivity contribution in [3.05, 3.63) is 63.8 Å². The Morgan fingerprint density at radius 2 is 1.56 bits per heavy atom. The highest BCUT2D eigenvalue weighted by atomic mass is 16.6. The summed E-state index contributed by atoms with van der Waals surface area (Å²) in [5.41, 5.74) is 10.7. The molecule has 0 radical (unpaired) electrons. The molecule has 0 fully saturated rings. The minimum Gasteiger partial charge on any atom is -0.478 e. The van der Waals surface area contributed by atoms with E-state index in [9.17, 15) is 14.4 Å². The molecule has 3 rings (SSSR count). The topological polar surface area (TPSA) is 101 Å². The molecular weight excluding hydrogens is 432 g/mol. The summed E-state index contributed by atoms with van der Waals surface area (Å²) in [4.78, 5) is 36.9. The second kappa shape index (κ2) is 11.0. The molecule has 1 amide bonds. The summed E-state index contributed by atoms with van der Waals surface area (Å²) in [6.45, 7) is 13.7. The number of aromatic nitrogens is 1. The number of ether oxygens (including phenoxy) is 2. The number of Topliss-reactive ketones (excluding diaryl/α,β-unsaturated/α-hetero) is 1. The van der Waals surface area contributed by atoms with Crippen LogP contribution in [0.3, 0.4) is 0 Å². The van der Waals surface area contributed by atoms with Crippen LogP contribution in [-0.2, 0) is 20.9 Å². The zero-order valence-corrected chi connectivity index (χ0v) is 21.2. The fourth-order valence-corrected chi connectivity index (χ4v) is 4.07. The molecule has 3 aromatic rings. The number of nitrogens with two attached hydrogens (primary N) is 1. The molecule has 0 aliphatic heterocycles. The van der Waals surface area contributed by atoms with Gasteiger partial charge in [0.2, 0.25) is 0 Å². The predicted molar refractivity (Wildman–Crippen MR) is 133 cm³/mol. The van der Waals surface area contributed by atoms with Crippen molar-refractivity contribution in [2.24, 2.45) is 5.73 Å². The van der Waals surface area contributed by atoms with Crippen LogP contribution in [0.2, 0.25) is 0 Å². The number of benzene rings is 2. The van der Waals surface area contributed by atoms with Crippen molar-refractivity contribution in [2.75, 3.05) is 7.11 Å². The van der Waals surface area contributed by atoms with Crippen LogP contribution in [0.4, 0.5) is 0 Å². The SMILES string of the molecule is CC.COC(=O)C(C)Oc1c(C)c(C)c(C)c2c1c(C(=O)C(N)=O)c(C)n2Cc1ccccc1. The number of rotatable bonds is 7. The van der Waals surface area contributed by atoms with Gasteiger partial charge in [-0.2, -0.15) is 0 Å². The number of fused-ring (bicyclic) bond motifs is 1. The lowest BCUT2D eigenvalue weighted by molar-refractivity contribution is -0.147. The Morgan fingerprint density at radius 1 is 0.971 bits per heavy atom. The molecule has 2 N–H and O–H groups in total. The summed E-state index contributed by atoms with van der Waals surface area (Å²) >= 11 is 0. The van der Waals surface area contributed by atoms with Crippen molar-refractivity contribution in [3.63, 3.8) is 0 Å². The molecule has 182 valence electrons. The molecular formula is C27H34N2O5. The second-order valence-corrected chi connectivity index (χ2v) is 7.94. The lowest BCUT2D eigenvalue weighted by Gasteiger charge is -2.20. The summed E-state index contributed by atoms with van der Waals surface area (Å²) in [6, 6.07) is 9.81. The van der Waals surface area contributed by atoms with E-state index in [4.69, 9.17) is 15.2 Å². The van der Waals surface area contributed by atoms with Gasteiger partial charge in [0.1, 0.15) is 5.75 Å². The third-order valence-corrected chi connectivity index (χ3v) is 6.03. The number of carbonyl (C=O) groups excluding carboxylic acids is 3.